The van der Waals surface area contributed by atoms with Gasteiger partial charge >= 0.3 is 0 Å². The fourth-order valence-corrected chi connectivity index (χ4v) is 4.08. The van der Waals surface area contributed by atoms with Gasteiger partial charge in [-0.05, 0) is 42.4 Å². The molecule has 26 heavy (non-hydrogen) atoms. The Kier molecular flexibility index (Phi) is 4.44. The van der Waals surface area contributed by atoms with Gasteiger partial charge in [-0.25, -0.2) is 4.98 Å². The Morgan fingerprint density at radius 1 is 1.15 bits per heavy atom. The van der Waals surface area contributed by atoms with Gasteiger partial charge in [-0.2, -0.15) is 0 Å². The van der Waals surface area contributed by atoms with Gasteiger partial charge in [0.1, 0.15) is 0 Å². The van der Waals surface area contributed by atoms with E-state index >= 15 is 0 Å². The molecule has 136 valence electrons. The number of pyridine rings is 1. The van der Waals surface area contributed by atoms with Crippen molar-refractivity contribution in [3.8, 4) is 0 Å². The molecule has 0 saturated carbocycles. The third-order valence-corrected chi connectivity index (χ3v) is 5.68. The maximum absolute atomic E-state index is 12.5. The smallest absolute Gasteiger partial charge is 0.289 e. The summed E-state index contributed by atoms with van der Waals surface area (Å²) in [5.41, 5.74) is 1.23. The van der Waals surface area contributed by atoms with Crippen molar-refractivity contribution in [1.82, 2.24) is 24.8 Å². The van der Waals surface area contributed by atoms with E-state index < -0.39 is 0 Å². The Hall–Kier alpha value is -2.70. The largest absolute Gasteiger partial charge is 0.341 e. The second-order valence-electron chi connectivity index (χ2n) is 7.34. The third-order valence-electron chi connectivity index (χ3n) is 5.68. The fourth-order valence-electron chi connectivity index (χ4n) is 4.08. The van der Waals surface area contributed by atoms with Crippen molar-refractivity contribution < 1.29 is 9.59 Å². The SMILES string of the molecule is O=C1CCC2(CCN(C(=O)c3ncc[nH]3)CC2)CN1Cc1ccncc1. The van der Waals surface area contributed by atoms with Gasteiger partial charge in [0, 0.05) is 57.4 Å². The van der Waals surface area contributed by atoms with Crippen LogP contribution in [0.1, 0.15) is 41.9 Å². The van der Waals surface area contributed by atoms with Crippen LogP contribution in [0.4, 0.5) is 0 Å². The molecule has 4 heterocycles. The first-order valence-corrected chi connectivity index (χ1v) is 9.11. The van der Waals surface area contributed by atoms with Crippen molar-refractivity contribution in [3.63, 3.8) is 0 Å². The minimum absolute atomic E-state index is 0.0367. The monoisotopic (exact) mass is 353 g/mol. The number of imidazole rings is 1. The van der Waals surface area contributed by atoms with E-state index in [4.69, 9.17) is 0 Å². The molecule has 7 heteroatoms. The summed E-state index contributed by atoms with van der Waals surface area (Å²) in [6.07, 6.45) is 10.2. The Bertz CT molecular complexity index is 766. The lowest BCUT2D eigenvalue weighted by Gasteiger charge is -2.47. The van der Waals surface area contributed by atoms with E-state index in [0.29, 0.717) is 18.8 Å². The summed E-state index contributed by atoms with van der Waals surface area (Å²) in [7, 11) is 0. The minimum atomic E-state index is -0.0367. The topological polar surface area (TPSA) is 82.2 Å². The molecule has 1 N–H and O–H groups in total. The Balaban J connectivity index is 1.40. The highest BCUT2D eigenvalue weighted by atomic mass is 16.2. The highest BCUT2D eigenvalue weighted by Crippen LogP contribution is 2.40. The molecule has 0 bridgehead atoms. The molecule has 2 aromatic heterocycles. The number of likely N-dealkylation sites (tertiary alicyclic amines) is 2. The van der Waals surface area contributed by atoms with Crippen LogP contribution in [0.5, 0.6) is 0 Å². The molecule has 2 saturated heterocycles. The van der Waals surface area contributed by atoms with Crippen molar-refractivity contribution in [2.75, 3.05) is 19.6 Å². The van der Waals surface area contributed by atoms with E-state index in [1.54, 1.807) is 24.8 Å². The average Bonchev–Trinajstić information content (AvgIpc) is 3.21. The van der Waals surface area contributed by atoms with E-state index in [1.807, 2.05) is 21.9 Å². The van der Waals surface area contributed by atoms with Crippen molar-refractivity contribution in [2.24, 2.45) is 5.41 Å². The average molecular weight is 353 g/mol. The lowest BCUT2D eigenvalue weighted by Crippen LogP contribution is -2.52. The Labute approximate surface area is 152 Å². The second kappa shape index (κ2) is 6.90. The van der Waals surface area contributed by atoms with Crippen LogP contribution in [-0.4, -0.2) is 56.2 Å². The highest BCUT2D eigenvalue weighted by molar-refractivity contribution is 5.90. The minimum Gasteiger partial charge on any atom is -0.341 e. The number of aromatic amines is 1. The van der Waals surface area contributed by atoms with Gasteiger partial charge in [0.25, 0.3) is 5.91 Å². The van der Waals surface area contributed by atoms with Gasteiger partial charge in [-0.3, -0.25) is 14.6 Å². The van der Waals surface area contributed by atoms with E-state index in [-0.39, 0.29) is 17.2 Å². The van der Waals surface area contributed by atoms with E-state index in [1.165, 1.54) is 0 Å². The fraction of sp³-hybridized carbons (Fsp3) is 0.474. The highest BCUT2D eigenvalue weighted by Gasteiger charge is 2.41. The number of rotatable bonds is 3. The van der Waals surface area contributed by atoms with Gasteiger partial charge in [0.15, 0.2) is 5.82 Å². The summed E-state index contributed by atoms with van der Waals surface area (Å²) in [6.45, 7) is 2.85. The third kappa shape index (κ3) is 3.34. The zero-order chi connectivity index (χ0) is 18.0. The predicted octanol–water partition coefficient (Wildman–Crippen LogP) is 1.85. The summed E-state index contributed by atoms with van der Waals surface area (Å²) in [4.78, 5) is 39.7. The van der Waals surface area contributed by atoms with Crippen molar-refractivity contribution >= 4 is 11.8 Å². The van der Waals surface area contributed by atoms with E-state index in [0.717, 1.165) is 44.5 Å². The van der Waals surface area contributed by atoms with E-state index in [2.05, 4.69) is 15.0 Å². The molecule has 2 aromatic rings. The summed E-state index contributed by atoms with van der Waals surface area (Å²) in [5.74, 6) is 0.589. The van der Waals surface area contributed by atoms with Crippen LogP contribution in [0.2, 0.25) is 0 Å². The molecule has 2 amide bonds. The molecular formula is C19H23N5O2. The van der Waals surface area contributed by atoms with Crippen molar-refractivity contribution in [1.29, 1.82) is 0 Å². The normalized spacial score (nSPS) is 19.8. The van der Waals surface area contributed by atoms with Gasteiger partial charge in [0.05, 0.1) is 0 Å². The lowest BCUT2D eigenvalue weighted by atomic mass is 9.72. The molecule has 2 aliphatic rings. The van der Waals surface area contributed by atoms with Gasteiger partial charge < -0.3 is 14.8 Å². The quantitative estimate of drug-likeness (QED) is 0.913. The van der Waals surface area contributed by atoms with Crippen molar-refractivity contribution in [3.05, 3.63) is 48.3 Å². The number of hydrogen-bond acceptors (Lipinski definition) is 4. The number of nitrogens with zero attached hydrogens (tertiary/aromatic N) is 4. The number of piperidine rings is 2. The number of carbonyl (C=O) groups is 2. The summed E-state index contributed by atoms with van der Waals surface area (Å²) in [6, 6.07) is 3.92. The number of amides is 2. The van der Waals surface area contributed by atoms with Crippen LogP contribution in [0.3, 0.4) is 0 Å². The first-order chi connectivity index (χ1) is 12.7. The Morgan fingerprint density at radius 3 is 2.62 bits per heavy atom. The molecule has 7 nitrogen and oxygen atoms in total. The molecule has 2 aliphatic heterocycles. The van der Waals surface area contributed by atoms with E-state index in [9.17, 15) is 9.59 Å². The summed E-state index contributed by atoms with van der Waals surface area (Å²) in [5, 5.41) is 0. The number of carbonyl (C=O) groups excluding carboxylic acids is 2. The summed E-state index contributed by atoms with van der Waals surface area (Å²) < 4.78 is 0. The molecular weight excluding hydrogens is 330 g/mol. The lowest BCUT2D eigenvalue weighted by molar-refractivity contribution is -0.139. The molecule has 0 unspecified atom stereocenters. The zero-order valence-electron chi connectivity index (χ0n) is 14.7. The number of aromatic nitrogens is 3. The standard InChI is InChI=1S/C19H23N5O2/c25-16-1-4-19(14-24(16)13-15-2-7-20-8-3-15)5-11-23(12-6-19)18(26)17-21-9-10-22-17/h2-3,7-10H,1,4-6,11-14H2,(H,21,22). The first-order valence-electron chi connectivity index (χ1n) is 9.11. The molecule has 0 atom stereocenters. The predicted molar refractivity (Wildman–Crippen MR) is 95.0 cm³/mol. The molecule has 2 fully saturated rings. The molecule has 0 aromatic carbocycles. The molecule has 1 spiro atoms. The number of nitrogens with one attached hydrogen (secondary N) is 1. The first kappa shape index (κ1) is 16.8. The van der Waals surface area contributed by atoms with Crippen LogP contribution in [0, 0.1) is 5.41 Å². The maximum atomic E-state index is 12.5. The zero-order valence-corrected chi connectivity index (χ0v) is 14.7. The second-order valence-corrected chi connectivity index (χ2v) is 7.34. The Morgan fingerprint density at radius 2 is 1.92 bits per heavy atom. The van der Waals surface area contributed by atoms with Crippen LogP contribution >= 0.6 is 0 Å². The maximum Gasteiger partial charge on any atom is 0.289 e. The van der Waals surface area contributed by atoms with Gasteiger partial charge in [0.2, 0.25) is 5.91 Å². The molecule has 4 rings (SSSR count). The number of H-pyrrole nitrogens is 1. The van der Waals surface area contributed by atoms with Gasteiger partial charge in [-0.1, -0.05) is 0 Å². The number of hydrogen-bond donors (Lipinski definition) is 1. The van der Waals surface area contributed by atoms with Crippen molar-refractivity contribution in [2.45, 2.75) is 32.2 Å². The van der Waals surface area contributed by atoms with Crippen LogP contribution in [0.25, 0.3) is 0 Å². The van der Waals surface area contributed by atoms with Crippen LogP contribution in [0.15, 0.2) is 36.9 Å². The molecule has 0 aliphatic carbocycles. The van der Waals surface area contributed by atoms with Gasteiger partial charge in [-0.15, -0.1) is 0 Å². The van der Waals surface area contributed by atoms with Crippen LogP contribution in [-0.2, 0) is 11.3 Å². The summed E-state index contributed by atoms with van der Waals surface area (Å²) >= 11 is 0. The molecule has 0 radical (unpaired) electrons. The van der Waals surface area contributed by atoms with Crippen LogP contribution < -0.4 is 0 Å².